The maximum atomic E-state index is 13.1. The second-order valence-electron chi connectivity index (χ2n) is 7.48. The predicted octanol–water partition coefficient (Wildman–Crippen LogP) is 3.93. The fourth-order valence-corrected chi connectivity index (χ4v) is 3.74. The fraction of sp³-hybridized carbons (Fsp3) is 0.217. The highest BCUT2D eigenvalue weighted by atomic mass is 16.1. The summed E-state index contributed by atoms with van der Waals surface area (Å²) in [5.41, 5.74) is 12.3. The van der Waals surface area contributed by atoms with Gasteiger partial charge < -0.3 is 10.3 Å². The minimum absolute atomic E-state index is 0.00515. The van der Waals surface area contributed by atoms with E-state index in [4.69, 9.17) is 5.73 Å². The number of fused-ring (bicyclic) bond motifs is 1. The molecule has 5 nitrogen and oxygen atoms in total. The second kappa shape index (κ2) is 6.77. The Balaban J connectivity index is 1.89. The second-order valence-corrected chi connectivity index (χ2v) is 7.48. The van der Waals surface area contributed by atoms with E-state index in [0.29, 0.717) is 5.39 Å². The van der Waals surface area contributed by atoms with Gasteiger partial charge in [0.2, 0.25) is 0 Å². The molecule has 0 aliphatic heterocycles. The fourth-order valence-electron chi connectivity index (χ4n) is 3.74. The van der Waals surface area contributed by atoms with Crippen molar-refractivity contribution in [1.82, 2.24) is 14.3 Å². The van der Waals surface area contributed by atoms with Crippen LogP contribution in [-0.2, 0) is 14.1 Å². The van der Waals surface area contributed by atoms with Crippen molar-refractivity contribution in [3.8, 4) is 22.4 Å². The molecular weight excluding hydrogens is 348 g/mol. The number of hydrogen-bond donors (Lipinski definition) is 1. The number of hydrogen-bond acceptors (Lipinski definition) is 3. The predicted molar refractivity (Wildman–Crippen MR) is 114 cm³/mol. The molecule has 2 N–H and O–H groups in total. The van der Waals surface area contributed by atoms with Gasteiger partial charge in [-0.15, -0.1) is 0 Å². The molecule has 0 fully saturated rings. The highest BCUT2D eigenvalue weighted by molar-refractivity contribution is 5.89. The smallest absolute Gasteiger partial charge is 0.258 e. The number of nitrogens with two attached hydrogens (primary N) is 1. The molecule has 2 aromatic heterocycles. The minimum Gasteiger partial charge on any atom is -0.324 e. The Hall–Kier alpha value is -3.18. The van der Waals surface area contributed by atoms with E-state index in [-0.39, 0.29) is 11.6 Å². The van der Waals surface area contributed by atoms with Crippen LogP contribution in [0.5, 0.6) is 0 Å². The summed E-state index contributed by atoms with van der Waals surface area (Å²) in [6.07, 6.45) is 3.83. The van der Waals surface area contributed by atoms with Gasteiger partial charge in [0, 0.05) is 37.3 Å². The van der Waals surface area contributed by atoms with Gasteiger partial charge in [0.25, 0.3) is 5.56 Å². The molecule has 5 heteroatoms. The minimum atomic E-state index is -0.143. The molecule has 28 heavy (non-hydrogen) atoms. The molecule has 0 bridgehead atoms. The first kappa shape index (κ1) is 18.2. The number of benzene rings is 2. The van der Waals surface area contributed by atoms with Crippen LogP contribution in [0.4, 0.5) is 0 Å². The molecule has 142 valence electrons. The lowest BCUT2D eigenvalue weighted by molar-refractivity contribution is 0.768. The van der Waals surface area contributed by atoms with E-state index in [9.17, 15) is 4.79 Å². The Kier molecular flexibility index (Phi) is 4.40. The summed E-state index contributed by atoms with van der Waals surface area (Å²) in [5.74, 6) is 0. The third kappa shape index (κ3) is 3.04. The topological polar surface area (TPSA) is 65.8 Å². The number of nitrogens with zero attached hydrogens (tertiary/aromatic N) is 3. The van der Waals surface area contributed by atoms with Gasteiger partial charge in [-0.25, -0.2) is 0 Å². The van der Waals surface area contributed by atoms with Crippen molar-refractivity contribution in [3.63, 3.8) is 0 Å². The lowest BCUT2D eigenvalue weighted by Gasteiger charge is -2.16. The summed E-state index contributed by atoms with van der Waals surface area (Å²) in [7, 11) is 3.72. The van der Waals surface area contributed by atoms with Gasteiger partial charge in [0.1, 0.15) is 0 Å². The first-order chi connectivity index (χ1) is 13.3. The molecule has 0 amide bonds. The molecule has 1 atom stereocenters. The van der Waals surface area contributed by atoms with Gasteiger partial charge in [0.15, 0.2) is 0 Å². The molecule has 4 rings (SSSR count). The Morgan fingerprint density at radius 2 is 1.64 bits per heavy atom. The first-order valence-corrected chi connectivity index (χ1v) is 9.34. The summed E-state index contributed by atoms with van der Waals surface area (Å²) in [4.78, 5) is 13.1. The van der Waals surface area contributed by atoms with Crippen molar-refractivity contribution in [1.29, 1.82) is 0 Å². The molecule has 0 aliphatic rings. The third-order valence-corrected chi connectivity index (χ3v) is 5.24. The summed E-state index contributed by atoms with van der Waals surface area (Å²) in [6, 6.07) is 14.2. The average Bonchev–Trinajstić information content (AvgIpc) is 3.11. The first-order valence-electron chi connectivity index (χ1n) is 9.34. The standard InChI is InChI=1S/C23H24N4O/c1-14-9-19(15(2)24)20-11-22(27(4)23(28)21(20)10-14)17-7-5-16(6-8-17)18-12-25-26(3)13-18/h5-13,15H,24H2,1-4H3. The van der Waals surface area contributed by atoms with E-state index in [1.54, 1.807) is 9.25 Å². The molecule has 0 radical (unpaired) electrons. The van der Waals surface area contributed by atoms with Gasteiger partial charge in [0.05, 0.1) is 11.9 Å². The lowest BCUT2D eigenvalue weighted by atomic mass is 9.96. The third-order valence-electron chi connectivity index (χ3n) is 5.24. The van der Waals surface area contributed by atoms with Gasteiger partial charge in [-0.2, -0.15) is 5.10 Å². The summed E-state index contributed by atoms with van der Waals surface area (Å²) >= 11 is 0. The van der Waals surface area contributed by atoms with Crippen LogP contribution in [0.15, 0.2) is 59.7 Å². The molecule has 2 aromatic carbocycles. The average molecular weight is 372 g/mol. The van der Waals surface area contributed by atoms with E-state index in [1.165, 1.54) is 0 Å². The maximum Gasteiger partial charge on any atom is 0.258 e. The van der Waals surface area contributed by atoms with E-state index < -0.39 is 0 Å². The highest BCUT2D eigenvalue weighted by Gasteiger charge is 2.14. The van der Waals surface area contributed by atoms with Crippen molar-refractivity contribution in [2.75, 3.05) is 0 Å². The molecule has 0 saturated heterocycles. The quantitative estimate of drug-likeness (QED) is 0.592. The van der Waals surface area contributed by atoms with E-state index in [0.717, 1.165) is 38.9 Å². The maximum absolute atomic E-state index is 13.1. The van der Waals surface area contributed by atoms with Crippen LogP contribution in [0.3, 0.4) is 0 Å². The van der Waals surface area contributed by atoms with Gasteiger partial charge in [-0.05, 0) is 53.6 Å². The Morgan fingerprint density at radius 3 is 2.25 bits per heavy atom. The molecule has 4 aromatic rings. The van der Waals surface area contributed by atoms with Crippen LogP contribution < -0.4 is 11.3 Å². The van der Waals surface area contributed by atoms with Crippen molar-refractivity contribution in [2.24, 2.45) is 19.8 Å². The summed E-state index contributed by atoms with van der Waals surface area (Å²) in [5, 5.41) is 5.87. The summed E-state index contributed by atoms with van der Waals surface area (Å²) in [6.45, 7) is 3.95. The van der Waals surface area contributed by atoms with Crippen LogP contribution in [0.2, 0.25) is 0 Å². The molecule has 0 aliphatic carbocycles. The lowest BCUT2D eigenvalue weighted by Crippen LogP contribution is -2.20. The van der Waals surface area contributed by atoms with Crippen molar-refractivity contribution < 1.29 is 0 Å². The van der Waals surface area contributed by atoms with Crippen molar-refractivity contribution >= 4 is 10.8 Å². The zero-order valence-electron chi connectivity index (χ0n) is 16.6. The number of pyridine rings is 1. The monoisotopic (exact) mass is 372 g/mol. The van der Waals surface area contributed by atoms with Crippen LogP contribution in [0, 0.1) is 6.92 Å². The Bertz CT molecular complexity index is 1230. The molecule has 2 heterocycles. The molecule has 0 spiro atoms. The number of rotatable bonds is 3. The molecule has 0 saturated carbocycles. The van der Waals surface area contributed by atoms with Gasteiger partial charge in [-0.3, -0.25) is 9.48 Å². The number of aryl methyl sites for hydroxylation is 2. The van der Waals surface area contributed by atoms with Crippen molar-refractivity contribution in [2.45, 2.75) is 19.9 Å². The Morgan fingerprint density at radius 1 is 0.964 bits per heavy atom. The van der Waals surface area contributed by atoms with Crippen molar-refractivity contribution in [3.05, 3.63) is 76.3 Å². The van der Waals surface area contributed by atoms with E-state index in [1.807, 2.05) is 58.5 Å². The molecule has 1 unspecified atom stereocenters. The van der Waals surface area contributed by atoms with Crippen LogP contribution in [-0.4, -0.2) is 14.3 Å². The molecular formula is C23H24N4O. The normalized spacial score (nSPS) is 12.5. The SMILES string of the molecule is Cc1cc(C(C)N)c2cc(-c3ccc(-c4cnn(C)c4)cc3)n(C)c(=O)c2c1. The van der Waals surface area contributed by atoms with Crippen LogP contribution in [0.25, 0.3) is 33.2 Å². The highest BCUT2D eigenvalue weighted by Crippen LogP contribution is 2.29. The number of aromatic nitrogens is 3. The largest absolute Gasteiger partial charge is 0.324 e. The van der Waals surface area contributed by atoms with E-state index in [2.05, 4.69) is 29.4 Å². The van der Waals surface area contributed by atoms with Gasteiger partial charge >= 0.3 is 0 Å². The Labute approximate surface area is 164 Å². The zero-order chi connectivity index (χ0) is 20.0. The van der Waals surface area contributed by atoms with Crippen LogP contribution >= 0.6 is 0 Å². The van der Waals surface area contributed by atoms with Gasteiger partial charge in [-0.1, -0.05) is 30.3 Å². The zero-order valence-corrected chi connectivity index (χ0v) is 16.6. The summed E-state index contributed by atoms with van der Waals surface area (Å²) < 4.78 is 3.50. The van der Waals surface area contributed by atoms with Crippen LogP contribution in [0.1, 0.15) is 24.1 Å². The van der Waals surface area contributed by atoms with E-state index >= 15 is 0 Å².